The molecule has 15 heavy (non-hydrogen) atoms. The van der Waals surface area contributed by atoms with Crippen LogP contribution in [0.4, 0.5) is 5.69 Å². The molecular weight excluding hydrogens is 412 g/mol. The summed E-state index contributed by atoms with van der Waals surface area (Å²) >= 11 is 5.00. The van der Waals surface area contributed by atoms with E-state index < -0.39 is 0 Å². The molecule has 1 heterocycles. The van der Waals surface area contributed by atoms with Crippen molar-refractivity contribution in [3.63, 3.8) is 0 Å². The molecule has 2 rings (SSSR count). The molecule has 1 aromatic rings. The van der Waals surface area contributed by atoms with Gasteiger partial charge in [0.15, 0.2) is 0 Å². The predicted molar refractivity (Wildman–Crippen MR) is 83.2 cm³/mol. The summed E-state index contributed by atoms with van der Waals surface area (Å²) in [6.45, 7) is 6.78. The van der Waals surface area contributed by atoms with E-state index in [2.05, 4.69) is 83.4 Å². The first-order chi connectivity index (χ1) is 7.00. The van der Waals surface area contributed by atoms with Crippen LogP contribution in [-0.4, -0.2) is 9.97 Å². The molecule has 1 N–H and O–H groups in total. The van der Waals surface area contributed by atoms with Crippen LogP contribution in [0.1, 0.15) is 30.9 Å². The second kappa shape index (κ2) is 4.39. The average Bonchev–Trinajstić information content (AvgIpc) is 2.17. The van der Waals surface area contributed by atoms with Gasteiger partial charge in [0, 0.05) is 13.5 Å². The molecule has 0 fully saturated rings. The molecule has 0 radical (unpaired) electrons. The van der Waals surface area contributed by atoms with E-state index in [9.17, 15) is 0 Å². The van der Waals surface area contributed by atoms with E-state index in [1.807, 2.05) is 0 Å². The van der Waals surface area contributed by atoms with Crippen LogP contribution in [0.5, 0.6) is 0 Å². The maximum atomic E-state index is 3.62. The van der Waals surface area contributed by atoms with Crippen molar-refractivity contribution in [1.82, 2.24) is 0 Å². The first-order valence-electron chi connectivity index (χ1n) is 5.21. The molecule has 0 unspecified atom stereocenters. The Bertz CT molecular complexity index is 389. The van der Waals surface area contributed by atoms with Gasteiger partial charge in [-0.05, 0) is 59.5 Å². The minimum atomic E-state index is 0.560. The highest BCUT2D eigenvalue weighted by Gasteiger charge is 2.30. The number of hydrogen-bond donors (Lipinski definition) is 1. The smallest absolute Gasteiger partial charge is 0.0514 e. The van der Waals surface area contributed by atoms with Crippen LogP contribution < -0.4 is 5.32 Å². The van der Waals surface area contributed by atoms with Crippen molar-refractivity contribution in [2.45, 2.75) is 36.7 Å². The minimum absolute atomic E-state index is 0.560. The summed E-state index contributed by atoms with van der Waals surface area (Å²) in [5, 5.41) is 3.62. The molecule has 0 saturated carbocycles. The molecule has 1 nitrogen and oxygen atoms in total. The van der Waals surface area contributed by atoms with E-state index in [0.29, 0.717) is 15.9 Å². The molecule has 0 aromatic heterocycles. The number of fused-ring (bicyclic) bond motifs is 1. The fraction of sp³-hybridized carbons (Fsp3) is 0.500. The van der Waals surface area contributed by atoms with E-state index in [1.54, 1.807) is 0 Å². The number of aryl methyl sites for hydroxylation is 1. The van der Waals surface area contributed by atoms with E-state index in [0.717, 1.165) is 0 Å². The topological polar surface area (TPSA) is 12.0 Å². The minimum Gasteiger partial charge on any atom is -0.380 e. The Balaban J connectivity index is 2.55. The Kier molecular flexibility index (Phi) is 3.50. The number of anilines is 1. The third-order valence-electron chi connectivity index (χ3n) is 3.08. The highest BCUT2D eigenvalue weighted by atomic mass is 127. The zero-order valence-corrected chi connectivity index (χ0v) is 13.5. The molecule has 3 atom stereocenters. The zero-order chi connectivity index (χ0) is 11.2. The lowest BCUT2D eigenvalue weighted by molar-refractivity contribution is 0.626. The third kappa shape index (κ3) is 2.14. The lowest BCUT2D eigenvalue weighted by atomic mass is 9.88. The molecule has 3 heteroatoms. The lowest BCUT2D eigenvalue weighted by Gasteiger charge is -2.35. The Labute approximate surface area is 119 Å². The molecule has 0 saturated heterocycles. The molecule has 1 aliphatic heterocycles. The second-order valence-corrected chi connectivity index (χ2v) is 6.98. The average molecular weight is 427 g/mol. The molecule has 0 bridgehead atoms. The van der Waals surface area contributed by atoms with E-state index >= 15 is 0 Å². The molecule has 1 aromatic carbocycles. The molecule has 82 valence electrons. The van der Waals surface area contributed by atoms with Gasteiger partial charge < -0.3 is 5.32 Å². The van der Waals surface area contributed by atoms with Gasteiger partial charge in [-0.2, -0.15) is 0 Å². The third-order valence-corrected chi connectivity index (χ3v) is 6.09. The Morgan fingerprint density at radius 2 is 1.93 bits per heavy atom. The molecule has 0 aliphatic carbocycles. The highest BCUT2D eigenvalue weighted by Crippen LogP contribution is 2.40. The van der Waals surface area contributed by atoms with Crippen molar-refractivity contribution in [2.24, 2.45) is 0 Å². The summed E-state index contributed by atoms with van der Waals surface area (Å²) in [5.74, 6) is 0.644. The summed E-state index contributed by atoms with van der Waals surface area (Å²) < 4.78 is 2.03. The lowest BCUT2D eigenvalue weighted by Crippen LogP contribution is -2.35. The van der Waals surface area contributed by atoms with Crippen molar-refractivity contribution >= 4 is 50.9 Å². The predicted octanol–water partition coefficient (Wildman–Crippen LogP) is 4.32. The molecule has 1 aliphatic rings. The van der Waals surface area contributed by atoms with Crippen LogP contribution in [0.25, 0.3) is 0 Å². The first-order valence-corrected chi connectivity index (χ1v) is 7.53. The molecule has 0 spiro atoms. The van der Waals surface area contributed by atoms with E-state index in [-0.39, 0.29) is 0 Å². The van der Waals surface area contributed by atoms with Gasteiger partial charge in [0.2, 0.25) is 0 Å². The zero-order valence-electron chi connectivity index (χ0n) is 9.14. The molecular formula is C12H15I2N. The number of alkyl halides is 1. The Hall–Kier alpha value is 0.480. The van der Waals surface area contributed by atoms with Gasteiger partial charge in [0.25, 0.3) is 0 Å². The van der Waals surface area contributed by atoms with Crippen molar-refractivity contribution in [2.75, 3.05) is 5.32 Å². The first kappa shape index (κ1) is 12.0. The largest absolute Gasteiger partial charge is 0.380 e. The number of rotatable bonds is 0. The number of benzene rings is 1. The second-order valence-electron chi connectivity index (χ2n) is 4.38. The van der Waals surface area contributed by atoms with Crippen LogP contribution >= 0.6 is 45.2 Å². The van der Waals surface area contributed by atoms with Gasteiger partial charge in [-0.15, -0.1) is 0 Å². The highest BCUT2D eigenvalue weighted by molar-refractivity contribution is 14.1. The van der Waals surface area contributed by atoms with Crippen molar-refractivity contribution in [3.05, 3.63) is 26.8 Å². The Morgan fingerprint density at radius 3 is 2.60 bits per heavy atom. The van der Waals surface area contributed by atoms with Crippen LogP contribution in [0, 0.1) is 10.5 Å². The van der Waals surface area contributed by atoms with Gasteiger partial charge in [-0.3, -0.25) is 0 Å². The summed E-state index contributed by atoms with van der Waals surface area (Å²) in [4.78, 5) is 0. The van der Waals surface area contributed by atoms with Gasteiger partial charge >= 0.3 is 0 Å². The monoisotopic (exact) mass is 427 g/mol. The van der Waals surface area contributed by atoms with Crippen molar-refractivity contribution in [3.8, 4) is 0 Å². The van der Waals surface area contributed by atoms with Gasteiger partial charge in [0.1, 0.15) is 0 Å². The summed E-state index contributed by atoms with van der Waals surface area (Å²) in [6, 6.07) is 5.14. The van der Waals surface area contributed by atoms with Crippen molar-refractivity contribution < 1.29 is 0 Å². The van der Waals surface area contributed by atoms with Crippen LogP contribution in [-0.2, 0) is 0 Å². The summed E-state index contributed by atoms with van der Waals surface area (Å²) in [5.41, 5.74) is 4.20. The SMILES string of the molecule is Cc1cc(I)c2c(c1)[C@@H](C)[C@@H](I)[C@H](C)N2. The summed E-state index contributed by atoms with van der Waals surface area (Å²) in [6.07, 6.45) is 0. The van der Waals surface area contributed by atoms with E-state index in [4.69, 9.17) is 0 Å². The van der Waals surface area contributed by atoms with Crippen LogP contribution in [0.15, 0.2) is 12.1 Å². The van der Waals surface area contributed by atoms with Crippen LogP contribution in [0.2, 0.25) is 0 Å². The van der Waals surface area contributed by atoms with Gasteiger partial charge in [0.05, 0.1) is 5.69 Å². The number of halogens is 2. The normalized spacial score (nSPS) is 29.5. The van der Waals surface area contributed by atoms with Crippen molar-refractivity contribution in [1.29, 1.82) is 0 Å². The fourth-order valence-electron chi connectivity index (χ4n) is 2.19. The standard InChI is InChI=1S/C12H15I2N/c1-6-4-9-7(2)11(14)8(3)15-12(9)10(13)5-6/h4-5,7-8,11,15H,1-3H3/t7-,8+,11-/m1/s1. The molecule has 0 amide bonds. The van der Waals surface area contributed by atoms with Gasteiger partial charge in [-0.25, -0.2) is 0 Å². The van der Waals surface area contributed by atoms with E-state index in [1.165, 1.54) is 20.4 Å². The maximum Gasteiger partial charge on any atom is 0.0514 e. The Morgan fingerprint density at radius 1 is 1.27 bits per heavy atom. The maximum absolute atomic E-state index is 3.62. The fourth-order valence-corrected chi connectivity index (χ4v) is 3.72. The van der Waals surface area contributed by atoms with Gasteiger partial charge in [-0.1, -0.05) is 35.6 Å². The van der Waals surface area contributed by atoms with Crippen LogP contribution in [0.3, 0.4) is 0 Å². The summed E-state index contributed by atoms with van der Waals surface area (Å²) in [7, 11) is 0. The number of nitrogens with one attached hydrogen (secondary N) is 1. The number of hydrogen-bond acceptors (Lipinski definition) is 1. The quantitative estimate of drug-likeness (QED) is 0.481.